The Morgan fingerprint density at radius 3 is 2.75 bits per heavy atom. The summed E-state index contributed by atoms with van der Waals surface area (Å²) in [7, 11) is 1.52. The summed E-state index contributed by atoms with van der Waals surface area (Å²) in [5.41, 5.74) is 6.55. The highest BCUT2D eigenvalue weighted by molar-refractivity contribution is 14.1. The SMILES string of the molecule is COc1ccc(I)c(N)c1C#N. The maximum Gasteiger partial charge on any atom is 0.138 e. The first-order valence-electron chi connectivity index (χ1n) is 3.22. The van der Waals surface area contributed by atoms with Crippen molar-refractivity contribution in [2.75, 3.05) is 12.8 Å². The van der Waals surface area contributed by atoms with Gasteiger partial charge in [0, 0.05) is 3.57 Å². The normalized spacial score (nSPS) is 9.08. The highest BCUT2D eigenvalue weighted by atomic mass is 127. The van der Waals surface area contributed by atoms with E-state index in [1.807, 2.05) is 12.1 Å². The summed E-state index contributed by atoms with van der Waals surface area (Å²) >= 11 is 2.07. The summed E-state index contributed by atoms with van der Waals surface area (Å²) in [6.07, 6.45) is 0. The molecule has 0 aliphatic heterocycles. The average Bonchev–Trinajstić information content (AvgIpc) is 2.09. The minimum absolute atomic E-state index is 0.407. The summed E-state index contributed by atoms with van der Waals surface area (Å²) < 4.78 is 5.83. The topological polar surface area (TPSA) is 59.0 Å². The van der Waals surface area contributed by atoms with Gasteiger partial charge < -0.3 is 10.5 Å². The smallest absolute Gasteiger partial charge is 0.138 e. The number of nitriles is 1. The molecule has 0 unspecified atom stereocenters. The second-order valence-corrected chi connectivity index (χ2v) is 3.31. The average molecular weight is 274 g/mol. The van der Waals surface area contributed by atoms with Crippen molar-refractivity contribution in [3.8, 4) is 11.8 Å². The first-order chi connectivity index (χ1) is 5.70. The molecule has 0 saturated heterocycles. The number of nitrogen functional groups attached to an aromatic ring is 1. The number of hydrogen-bond donors (Lipinski definition) is 1. The van der Waals surface area contributed by atoms with Gasteiger partial charge in [-0.3, -0.25) is 0 Å². The zero-order chi connectivity index (χ0) is 9.14. The van der Waals surface area contributed by atoms with E-state index in [-0.39, 0.29) is 0 Å². The fourth-order valence-corrected chi connectivity index (χ4v) is 1.31. The Labute approximate surface area is 84.3 Å². The van der Waals surface area contributed by atoms with Crippen LogP contribution >= 0.6 is 22.6 Å². The van der Waals surface area contributed by atoms with Crippen molar-refractivity contribution in [2.24, 2.45) is 0 Å². The summed E-state index contributed by atoms with van der Waals surface area (Å²) in [5, 5.41) is 8.74. The third-order valence-corrected chi connectivity index (χ3v) is 2.43. The van der Waals surface area contributed by atoms with E-state index in [0.29, 0.717) is 17.0 Å². The lowest BCUT2D eigenvalue weighted by Gasteiger charge is -2.05. The zero-order valence-corrected chi connectivity index (χ0v) is 8.62. The molecular formula is C8H7IN2O. The van der Waals surface area contributed by atoms with Crippen LogP contribution in [0.25, 0.3) is 0 Å². The summed E-state index contributed by atoms with van der Waals surface area (Å²) in [6, 6.07) is 5.55. The molecule has 0 heterocycles. The van der Waals surface area contributed by atoms with Gasteiger partial charge in [-0.15, -0.1) is 0 Å². The van der Waals surface area contributed by atoms with Gasteiger partial charge in [0.25, 0.3) is 0 Å². The maximum absolute atomic E-state index is 8.74. The highest BCUT2D eigenvalue weighted by Gasteiger charge is 2.08. The van der Waals surface area contributed by atoms with Crippen LogP contribution in [0.2, 0.25) is 0 Å². The minimum Gasteiger partial charge on any atom is -0.495 e. The molecule has 62 valence electrons. The van der Waals surface area contributed by atoms with Crippen LogP contribution in [0.1, 0.15) is 5.56 Å². The van der Waals surface area contributed by atoms with E-state index in [0.717, 1.165) is 3.57 Å². The van der Waals surface area contributed by atoms with Crippen LogP contribution in [-0.4, -0.2) is 7.11 Å². The number of nitrogens with two attached hydrogens (primary N) is 1. The number of nitrogens with zero attached hydrogens (tertiary/aromatic N) is 1. The minimum atomic E-state index is 0.407. The molecule has 0 bridgehead atoms. The van der Waals surface area contributed by atoms with Crippen molar-refractivity contribution < 1.29 is 4.74 Å². The van der Waals surface area contributed by atoms with E-state index in [1.165, 1.54) is 7.11 Å². The largest absolute Gasteiger partial charge is 0.495 e. The van der Waals surface area contributed by atoms with Crippen LogP contribution in [0.5, 0.6) is 5.75 Å². The van der Waals surface area contributed by atoms with E-state index >= 15 is 0 Å². The number of methoxy groups -OCH3 is 1. The molecule has 3 nitrogen and oxygen atoms in total. The van der Waals surface area contributed by atoms with E-state index in [2.05, 4.69) is 22.6 Å². The lowest BCUT2D eigenvalue weighted by atomic mass is 10.2. The third-order valence-electron chi connectivity index (χ3n) is 1.49. The van der Waals surface area contributed by atoms with Crippen LogP contribution in [0.15, 0.2) is 12.1 Å². The molecule has 0 fully saturated rings. The van der Waals surface area contributed by atoms with Crippen molar-refractivity contribution >= 4 is 28.3 Å². The fourth-order valence-electron chi connectivity index (χ4n) is 0.860. The van der Waals surface area contributed by atoms with E-state index in [4.69, 9.17) is 15.7 Å². The van der Waals surface area contributed by atoms with Crippen LogP contribution in [0.4, 0.5) is 5.69 Å². The Morgan fingerprint density at radius 2 is 2.25 bits per heavy atom. The standard InChI is InChI=1S/C8H7IN2O/c1-12-7-3-2-6(9)8(11)5(7)4-10/h2-3H,11H2,1H3. The number of rotatable bonds is 1. The Balaban J connectivity index is 3.38. The zero-order valence-electron chi connectivity index (χ0n) is 6.47. The Bertz CT molecular complexity index is 344. The molecule has 2 N–H and O–H groups in total. The molecule has 0 amide bonds. The second kappa shape index (κ2) is 3.63. The van der Waals surface area contributed by atoms with Gasteiger partial charge >= 0.3 is 0 Å². The van der Waals surface area contributed by atoms with Gasteiger partial charge in [0.1, 0.15) is 17.4 Å². The molecule has 4 heteroatoms. The predicted octanol–water partition coefficient (Wildman–Crippen LogP) is 1.75. The maximum atomic E-state index is 8.74. The Morgan fingerprint density at radius 1 is 1.58 bits per heavy atom. The summed E-state index contributed by atoms with van der Waals surface area (Å²) in [5.74, 6) is 0.524. The quantitative estimate of drug-likeness (QED) is 0.627. The molecule has 0 aliphatic rings. The number of hydrogen-bond acceptors (Lipinski definition) is 3. The molecule has 12 heavy (non-hydrogen) atoms. The fraction of sp³-hybridized carbons (Fsp3) is 0.125. The van der Waals surface area contributed by atoms with Gasteiger partial charge in [-0.05, 0) is 34.7 Å². The number of benzene rings is 1. The Kier molecular flexibility index (Phi) is 2.76. The van der Waals surface area contributed by atoms with Gasteiger partial charge in [-0.1, -0.05) is 0 Å². The predicted molar refractivity (Wildman–Crippen MR) is 54.8 cm³/mol. The monoisotopic (exact) mass is 274 g/mol. The van der Waals surface area contributed by atoms with Crippen molar-refractivity contribution in [1.29, 1.82) is 5.26 Å². The molecule has 1 aromatic carbocycles. The highest BCUT2D eigenvalue weighted by Crippen LogP contribution is 2.27. The third kappa shape index (κ3) is 1.46. The van der Waals surface area contributed by atoms with Crippen LogP contribution < -0.4 is 10.5 Å². The van der Waals surface area contributed by atoms with Gasteiger partial charge in [0.05, 0.1) is 12.8 Å². The van der Waals surface area contributed by atoms with Gasteiger partial charge in [-0.2, -0.15) is 5.26 Å². The molecular weight excluding hydrogens is 267 g/mol. The lowest BCUT2D eigenvalue weighted by Crippen LogP contribution is -1.97. The van der Waals surface area contributed by atoms with E-state index in [1.54, 1.807) is 6.07 Å². The molecule has 0 aromatic heterocycles. The Hall–Kier alpha value is -0.960. The first kappa shape index (κ1) is 9.13. The van der Waals surface area contributed by atoms with Crippen LogP contribution in [0.3, 0.4) is 0 Å². The van der Waals surface area contributed by atoms with Crippen LogP contribution in [0, 0.1) is 14.9 Å². The molecule has 0 spiro atoms. The van der Waals surface area contributed by atoms with Crippen LogP contribution in [-0.2, 0) is 0 Å². The molecule has 1 rings (SSSR count). The number of halogens is 1. The summed E-state index contributed by atoms with van der Waals surface area (Å²) in [6.45, 7) is 0. The molecule has 0 radical (unpaired) electrons. The van der Waals surface area contributed by atoms with Gasteiger partial charge in [0.2, 0.25) is 0 Å². The van der Waals surface area contributed by atoms with Crippen molar-refractivity contribution in [1.82, 2.24) is 0 Å². The van der Waals surface area contributed by atoms with E-state index in [9.17, 15) is 0 Å². The van der Waals surface area contributed by atoms with Crippen molar-refractivity contribution in [2.45, 2.75) is 0 Å². The summed E-state index contributed by atoms with van der Waals surface area (Å²) in [4.78, 5) is 0. The van der Waals surface area contributed by atoms with Gasteiger partial charge in [0.15, 0.2) is 0 Å². The van der Waals surface area contributed by atoms with Crippen molar-refractivity contribution in [3.63, 3.8) is 0 Å². The molecule has 1 aromatic rings. The number of ether oxygens (including phenoxy) is 1. The molecule has 0 atom stereocenters. The molecule has 0 saturated carbocycles. The van der Waals surface area contributed by atoms with Crippen molar-refractivity contribution in [3.05, 3.63) is 21.3 Å². The van der Waals surface area contributed by atoms with E-state index < -0.39 is 0 Å². The second-order valence-electron chi connectivity index (χ2n) is 2.15. The molecule has 0 aliphatic carbocycles. The lowest BCUT2D eigenvalue weighted by molar-refractivity contribution is 0.413. The first-order valence-corrected chi connectivity index (χ1v) is 4.30. The van der Waals surface area contributed by atoms with Gasteiger partial charge in [-0.25, -0.2) is 0 Å². The number of anilines is 1.